The minimum atomic E-state index is -0.576. The molecule has 0 spiro atoms. The third-order valence-electron chi connectivity index (χ3n) is 4.25. The molecule has 0 radical (unpaired) electrons. The van der Waals surface area contributed by atoms with E-state index in [1.165, 1.54) is 12.2 Å². The average molecular weight is 420 g/mol. The number of carbonyl (C=O) groups is 3. The summed E-state index contributed by atoms with van der Waals surface area (Å²) in [7, 11) is 0. The molecule has 0 amide bonds. The summed E-state index contributed by atoms with van der Waals surface area (Å²) in [5.74, 6) is -0.157. The van der Waals surface area contributed by atoms with Crippen LogP contribution in [-0.4, -0.2) is 29.2 Å². The molecule has 0 aliphatic rings. The van der Waals surface area contributed by atoms with Crippen LogP contribution in [0.4, 0.5) is 0 Å². The second-order valence-corrected chi connectivity index (χ2v) is 6.76. The highest BCUT2D eigenvalue weighted by atomic mass is 16.5. The van der Waals surface area contributed by atoms with Gasteiger partial charge in [0.05, 0.1) is 6.61 Å². The molecule has 1 N–H and O–H groups in total. The van der Waals surface area contributed by atoms with Crippen LogP contribution >= 0.6 is 0 Å². The molecule has 0 atom stereocenters. The molecule has 0 saturated carbocycles. The Kier molecular flexibility index (Phi) is 8.66. The predicted molar refractivity (Wildman–Crippen MR) is 118 cm³/mol. The predicted octanol–water partition coefficient (Wildman–Crippen LogP) is 3.62. The molecular formula is C25H24O6. The van der Waals surface area contributed by atoms with Gasteiger partial charge in [-0.1, -0.05) is 31.4 Å². The van der Waals surface area contributed by atoms with E-state index < -0.39 is 5.97 Å². The number of hydrogen-bond donors (Lipinski definition) is 1. The molecular weight excluding hydrogens is 396 g/mol. The van der Waals surface area contributed by atoms with Gasteiger partial charge < -0.3 is 14.6 Å². The zero-order valence-corrected chi connectivity index (χ0v) is 17.3. The highest BCUT2D eigenvalue weighted by Crippen LogP contribution is 2.21. The van der Waals surface area contributed by atoms with Crippen molar-refractivity contribution in [1.82, 2.24) is 0 Å². The van der Waals surface area contributed by atoms with Crippen molar-refractivity contribution in [3.8, 4) is 11.5 Å². The van der Waals surface area contributed by atoms with Crippen LogP contribution in [0.2, 0.25) is 0 Å². The standard InChI is InChI=1S/C25H24O6/c1-4-21(27)14-19-5-9-22(10-6-19)31-25(29)12-8-18-7-11-24(20(13-18)15-26)30-16-23(28)17(2)3/h4-13,26H,1-2,14-16H2,3H3/b12-8+. The number of Topliss-reactive ketones (excluding diaryl/α,β-unsaturated/α-hetero) is 1. The fraction of sp³-hybridized carbons (Fsp3) is 0.160. The molecule has 6 heteroatoms. The monoisotopic (exact) mass is 420 g/mol. The highest BCUT2D eigenvalue weighted by molar-refractivity contribution is 5.95. The Balaban J connectivity index is 1.98. The Labute approximate surface area is 181 Å². The van der Waals surface area contributed by atoms with Crippen LogP contribution in [0, 0.1) is 0 Å². The number of benzene rings is 2. The number of carbonyl (C=O) groups excluding carboxylic acids is 3. The van der Waals surface area contributed by atoms with E-state index in [2.05, 4.69) is 13.2 Å². The lowest BCUT2D eigenvalue weighted by Gasteiger charge is -2.10. The molecule has 0 aromatic heterocycles. The molecule has 0 unspecified atom stereocenters. The summed E-state index contributed by atoms with van der Waals surface area (Å²) in [6.07, 6.45) is 4.31. The second-order valence-electron chi connectivity index (χ2n) is 6.76. The van der Waals surface area contributed by atoms with E-state index in [9.17, 15) is 19.5 Å². The summed E-state index contributed by atoms with van der Waals surface area (Å²) in [5.41, 5.74) is 2.32. The zero-order chi connectivity index (χ0) is 22.8. The fourth-order valence-electron chi connectivity index (χ4n) is 2.50. The van der Waals surface area contributed by atoms with Crippen molar-refractivity contribution < 1.29 is 29.0 Å². The van der Waals surface area contributed by atoms with E-state index in [1.54, 1.807) is 55.5 Å². The summed E-state index contributed by atoms with van der Waals surface area (Å²) < 4.78 is 10.7. The van der Waals surface area contributed by atoms with Crippen molar-refractivity contribution in [1.29, 1.82) is 0 Å². The number of aliphatic hydroxyl groups excluding tert-OH is 1. The van der Waals surface area contributed by atoms with E-state index in [4.69, 9.17) is 9.47 Å². The lowest BCUT2D eigenvalue weighted by molar-refractivity contribution is -0.129. The smallest absolute Gasteiger partial charge is 0.336 e. The van der Waals surface area contributed by atoms with Crippen LogP contribution in [0.1, 0.15) is 23.6 Å². The summed E-state index contributed by atoms with van der Waals surface area (Å²) in [4.78, 5) is 35.1. The molecule has 0 fully saturated rings. The van der Waals surface area contributed by atoms with Gasteiger partial charge in [-0.05, 0) is 60.0 Å². The third-order valence-corrected chi connectivity index (χ3v) is 4.25. The van der Waals surface area contributed by atoms with Gasteiger partial charge in [-0.2, -0.15) is 0 Å². The van der Waals surface area contributed by atoms with Crippen LogP contribution in [0.25, 0.3) is 6.08 Å². The lowest BCUT2D eigenvalue weighted by atomic mass is 10.1. The maximum Gasteiger partial charge on any atom is 0.336 e. The Morgan fingerprint density at radius 2 is 1.81 bits per heavy atom. The number of rotatable bonds is 11. The first-order valence-corrected chi connectivity index (χ1v) is 9.51. The summed E-state index contributed by atoms with van der Waals surface area (Å²) >= 11 is 0. The number of allylic oxidation sites excluding steroid dienone is 1. The summed E-state index contributed by atoms with van der Waals surface area (Å²) in [5, 5.41) is 9.56. The normalized spacial score (nSPS) is 10.5. The van der Waals surface area contributed by atoms with Gasteiger partial charge in [-0.25, -0.2) is 4.79 Å². The van der Waals surface area contributed by atoms with E-state index >= 15 is 0 Å². The highest BCUT2D eigenvalue weighted by Gasteiger charge is 2.08. The van der Waals surface area contributed by atoms with Crippen LogP contribution in [0.15, 0.2) is 73.3 Å². The average Bonchev–Trinajstić information content (AvgIpc) is 2.77. The van der Waals surface area contributed by atoms with Gasteiger partial charge in [-0.15, -0.1) is 0 Å². The van der Waals surface area contributed by atoms with Gasteiger partial charge in [0, 0.05) is 18.1 Å². The Morgan fingerprint density at radius 1 is 1.10 bits per heavy atom. The zero-order valence-electron chi connectivity index (χ0n) is 17.3. The molecule has 0 aliphatic carbocycles. The van der Waals surface area contributed by atoms with Crippen LogP contribution in [0.3, 0.4) is 0 Å². The van der Waals surface area contributed by atoms with Gasteiger partial charge in [0.15, 0.2) is 18.2 Å². The number of ether oxygens (including phenoxy) is 2. The van der Waals surface area contributed by atoms with Gasteiger partial charge in [0.1, 0.15) is 11.5 Å². The molecule has 6 nitrogen and oxygen atoms in total. The van der Waals surface area contributed by atoms with Crippen LogP contribution < -0.4 is 9.47 Å². The number of hydrogen-bond acceptors (Lipinski definition) is 6. The van der Waals surface area contributed by atoms with Crippen molar-refractivity contribution in [2.75, 3.05) is 6.61 Å². The van der Waals surface area contributed by atoms with E-state index in [0.29, 0.717) is 28.2 Å². The molecule has 0 heterocycles. The number of ketones is 2. The van der Waals surface area contributed by atoms with Crippen molar-refractivity contribution in [3.05, 3.63) is 90.0 Å². The van der Waals surface area contributed by atoms with Crippen LogP contribution in [-0.2, 0) is 27.4 Å². The maximum absolute atomic E-state index is 12.1. The lowest BCUT2D eigenvalue weighted by Crippen LogP contribution is -2.12. The minimum absolute atomic E-state index is 0.0891. The summed E-state index contributed by atoms with van der Waals surface area (Å²) in [6, 6.07) is 11.6. The summed E-state index contributed by atoms with van der Waals surface area (Å²) in [6.45, 7) is 8.15. The quantitative estimate of drug-likeness (QED) is 0.339. The number of aliphatic hydroxyl groups is 1. The van der Waals surface area contributed by atoms with Crippen molar-refractivity contribution in [2.45, 2.75) is 20.0 Å². The van der Waals surface area contributed by atoms with Gasteiger partial charge in [-0.3, -0.25) is 9.59 Å². The molecule has 2 rings (SSSR count). The van der Waals surface area contributed by atoms with Gasteiger partial charge in [0.25, 0.3) is 0 Å². The topological polar surface area (TPSA) is 89.9 Å². The van der Waals surface area contributed by atoms with E-state index in [-0.39, 0.29) is 31.2 Å². The molecule has 2 aromatic rings. The molecule has 0 saturated heterocycles. The van der Waals surface area contributed by atoms with Crippen molar-refractivity contribution >= 4 is 23.6 Å². The van der Waals surface area contributed by atoms with Crippen molar-refractivity contribution in [3.63, 3.8) is 0 Å². The first kappa shape index (κ1) is 23.5. The molecule has 0 bridgehead atoms. The Hall–Kier alpha value is -3.77. The Morgan fingerprint density at radius 3 is 2.42 bits per heavy atom. The van der Waals surface area contributed by atoms with Crippen molar-refractivity contribution in [2.24, 2.45) is 0 Å². The van der Waals surface area contributed by atoms with E-state index in [0.717, 1.165) is 5.56 Å². The van der Waals surface area contributed by atoms with Gasteiger partial charge in [0.2, 0.25) is 0 Å². The largest absolute Gasteiger partial charge is 0.485 e. The molecule has 2 aromatic carbocycles. The molecule has 160 valence electrons. The molecule has 31 heavy (non-hydrogen) atoms. The van der Waals surface area contributed by atoms with Gasteiger partial charge >= 0.3 is 5.97 Å². The molecule has 0 aliphatic heterocycles. The minimum Gasteiger partial charge on any atom is -0.485 e. The van der Waals surface area contributed by atoms with Crippen LogP contribution in [0.5, 0.6) is 11.5 Å². The Bertz CT molecular complexity index is 1010. The third kappa shape index (κ3) is 7.53. The number of esters is 1. The first-order valence-electron chi connectivity index (χ1n) is 9.51. The second kappa shape index (κ2) is 11.4. The van der Waals surface area contributed by atoms with E-state index in [1.807, 2.05) is 0 Å². The maximum atomic E-state index is 12.1. The SMILES string of the molecule is C=CC(=O)Cc1ccc(OC(=O)/C=C/c2ccc(OCC(=O)C(=C)C)c(CO)c2)cc1. The first-order chi connectivity index (χ1) is 14.8. The fourth-order valence-corrected chi connectivity index (χ4v) is 2.50.